The summed E-state index contributed by atoms with van der Waals surface area (Å²) in [6, 6.07) is 19.8. The number of ether oxygens (including phenoxy) is 4. The van der Waals surface area contributed by atoms with Crippen LogP contribution in [-0.2, 0) is 0 Å². The molecule has 2 unspecified atom stereocenters. The topological polar surface area (TPSA) is 75.6 Å². The van der Waals surface area contributed by atoms with Crippen LogP contribution in [0, 0.1) is 18.8 Å². The van der Waals surface area contributed by atoms with Crippen molar-refractivity contribution in [2.24, 2.45) is 11.8 Å². The van der Waals surface area contributed by atoms with Crippen molar-refractivity contribution in [2.45, 2.75) is 86.0 Å². The average molecular weight is 666 g/mol. The Morgan fingerprint density at radius 3 is 1.71 bits per heavy atom. The minimum Gasteiger partial charge on any atom is -0.497 e. The van der Waals surface area contributed by atoms with Gasteiger partial charge < -0.3 is 18.9 Å². The van der Waals surface area contributed by atoms with E-state index in [2.05, 4.69) is 47.3 Å². The lowest BCUT2D eigenvalue weighted by Gasteiger charge is -2.18. The molecule has 7 heteroatoms. The van der Waals surface area contributed by atoms with Crippen LogP contribution in [0.5, 0.6) is 23.0 Å². The van der Waals surface area contributed by atoms with Crippen LogP contribution in [0.25, 0.3) is 34.2 Å². The molecule has 0 N–H and O–H groups in total. The zero-order valence-corrected chi connectivity index (χ0v) is 30.5. The quantitative estimate of drug-likeness (QED) is 0.0820. The molecule has 0 amide bonds. The molecule has 2 atom stereocenters. The molecule has 4 rings (SSSR count). The number of benzene rings is 3. The first kappa shape index (κ1) is 37.4. The number of rotatable bonds is 21. The lowest BCUT2D eigenvalue weighted by molar-refractivity contribution is 0.232. The van der Waals surface area contributed by atoms with Crippen LogP contribution in [0.2, 0.25) is 0 Å². The van der Waals surface area contributed by atoms with Gasteiger partial charge in [-0.15, -0.1) is 0 Å². The third-order valence-electron chi connectivity index (χ3n) is 9.03. The van der Waals surface area contributed by atoms with Crippen LogP contribution < -0.4 is 18.9 Å². The molecule has 49 heavy (non-hydrogen) atoms. The van der Waals surface area contributed by atoms with Crippen LogP contribution in [-0.4, -0.2) is 41.9 Å². The highest BCUT2D eigenvalue weighted by atomic mass is 16.5. The maximum absolute atomic E-state index is 6.28. The van der Waals surface area contributed by atoms with E-state index in [0.29, 0.717) is 48.3 Å². The summed E-state index contributed by atoms with van der Waals surface area (Å²) in [5.41, 5.74) is 3.54. The number of hydrogen-bond acceptors (Lipinski definition) is 7. The predicted octanol–water partition coefficient (Wildman–Crippen LogP) is 10.9. The largest absolute Gasteiger partial charge is 0.497 e. The van der Waals surface area contributed by atoms with Gasteiger partial charge in [-0.2, -0.15) is 0 Å². The van der Waals surface area contributed by atoms with Crippen molar-refractivity contribution < 1.29 is 18.9 Å². The van der Waals surface area contributed by atoms with E-state index in [0.717, 1.165) is 65.4 Å². The second kappa shape index (κ2) is 19.6. The van der Waals surface area contributed by atoms with E-state index in [1.807, 2.05) is 54.6 Å². The Hall–Kier alpha value is -4.39. The fourth-order valence-corrected chi connectivity index (χ4v) is 5.73. The lowest BCUT2D eigenvalue weighted by Crippen LogP contribution is -2.11. The minimum atomic E-state index is 0.339. The van der Waals surface area contributed by atoms with E-state index >= 15 is 0 Å². The molecular formula is C42H55N3O4. The highest BCUT2D eigenvalue weighted by Gasteiger charge is 2.19. The maximum Gasteiger partial charge on any atom is 0.167 e. The van der Waals surface area contributed by atoms with Crippen LogP contribution in [0.15, 0.2) is 73.3 Å². The molecule has 4 aromatic rings. The van der Waals surface area contributed by atoms with Gasteiger partial charge in [0.1, 0.15) is 29.6 Å². The van der Waals surface area contributed by atoms with E-state index in [1.54, 1.807) is 13.2 Å². The summed E-state index contributed by atoms with van der Waals surface area (Å²) >= 11 is 0. The van der Waals surface area contributed by atoms with Gasteiger partial charge in [-0.25, -0.2) is 15.0 Å². The van der Waals surface area contributed by atoms with E-state index in [4.69, 9.17) is 33.9 Å². The molecule has 0 aliphatic rings. The van der Waals surface area contributed by atoms with Crippen LogP contribution >= 0.6 is 0 Å². The van der Waals surface area contributed by atoms with Gasteiger partial charge in [-0.1, -0.05) is 78.9 Å². The second-order valence-electron chi connectivity index (χ2n) is 12.7. The Labute approximate surface area is 294 Å². The van der Waals surface area contributed by atoms with Crippen molar-refractivity contribution in [1.82, 2.24) is 15.0 Å². The third kappa shape index (κ3) is 10.8. The maximum atomic E-state index is 6.28. The van der Waals surface area contributed by atoms with Crippen molar-refractivity contribution in [3.05, 3.63) is 78.9 Å². The summed E-state index contributed by atoms with van der Waals surface area (Å²) in [6.45, 7) is 16.6. The van der Waals surface area contributed by atoms with Crippen molar-refractivity contribution >= 4 is 0 Å². The first-order valence-corrected chi connectivity index (χ1v) is 18.1. The van der Waals surface area contributed by atoms with Crippen molar-refractivity contribution in [2.75, 3.05) is 26.9 Å². The number of aryl methyl sites for hydroxylation is 1. The molecule has 1 heterocycles. The Morgan fingerprint density at radius 2 is 1.18 bits per heavy atom. The average Bonchev–Trinajstić information content (AvgIpc) is 3.14. The fraction of sp³-hybridized carbons (Fsp3) is 0.452. The Morgan fingerprint density at radius 1 is 0.653 bits per heavy atom. The zero-order chi connectivity index (χ0) is 35.0. The highest BCUT2D eigenvalue weighted by molar-refractivity contribution is 5.72. The predicted molar refractivity (Wildman–Crippen MR) is 201 cm³/mol. The zero-order valence-electron chi connectivity index (χ0n) is 30.5. The van der Waals surface area contributed by atoms with Crippen molar-refractivity contribution in [3.63, 3.8) is 0 Å². The monoisotopic (exact) mass is 665 g/mol. The van der Waals surface area contributed by atoms with E-state index in [-0.39, 0.29) is 0 Å². The van der Waals surface area contributed by atoms with Crippen LogP contribution in [0.3, 0.4) is 0 Å². The SMILES string of the molecule is C=CCOc1cc(OCC(CC)CCCC)ccc1-c1nc(-c2ccc(OC)cc2)nc(-c2ccc(OCC(CC)CCCC)cc2C)n1. The molecule has 0 saturated heterocycles. The summed E-state index contributed by atoms with van der Waals surface area (Å²) in [5.74, 6) is 5.73. The number of hydrogen-bond donors (Lipinski definition) is 0. The van der Waals surface area contributed by atoms with Gasteiger partial charge in [0.15, 0.2) is 17.5 Å². The Kier molecular flexibility index (Phi) is 14.9. The van der Waals surface area contributed by atoms with Crippen molar-refractivity contribution in [3.8, 4) is 57.2 Å². The van der Waals surface area contributed by atoms with Gasteiger partial charge in [0.2, 0.25) is 0 Å². The number of methoxy groups -OCH3 is 1. The normalized spacial score (nSPS) is 12.3. The van der Waals surface area contributed by atoms with Crippen LogP contribution in [0.4, 0.5) is 0 Å². The van der Waals surface area contributed by atoms with Gasteiger partial charge in [0.25, 0.3) is 0 Å². The molecule has 0 radical (unpaired) electrons. The Balaban J connectivity index is 1.72. The fourth-order valence-electron chi connectivity index (χ4n) is 5.73. The van der Waals surface area contributed by atoms with Crippen LogP contribution in [0.1, 0.15) is 84.6 Å². The minimum absolute atomic E-state index is 0.339. The molecule has 0 spiro atoms. The molecular weight excluding hydrogens is 610 g/mol. The van der Waals surface area contributed by atoms with E-state index < -0.39 is 0 Å². The Bertz CT molecular complexity index is 1600. The van der Waals surface area contributed by atoms with Gasteiger partial charge in [0, 0.05) is 17.2 Å². The highest BCUT2D eigenvalue weighted by Crippen LogP contribution is 2.35. The third-order valence-corrected chi connectivity index (χ3v) is 9.03. The van der Waals surface area contributed by atoms with Gasteiger partial charge in [0.05, 0.1) is 25.9 Å². The van der Waals surface area contributed by atoms with Gasteiger partial charge in [-0.3, -0.25) is 0 Å². The summed E-state index contributed by atoms with van der Waals surface area (Å²) in [6.07, 6.45) is 11.1. The molecule has 262 valence electrons. The molecule has 7 nitrogen and oxygen atoms in total. The van der Waals surface area contributed by atoms with Crippen molar-refractivity contribution in [1.29, 1.82) is 0 Å². The first-order valence-electron chi connectivity index (χ1n) is 18.1. The second-order valence-corrected chi connectivity index (χ2v) is 12.7. The summed E-state index contributed by atoms with van der Waals surface area (Å²) in [7, 11) is 1.66. The van der Waals surface area contributed by atoms with Gasteiger partial charge >= 0.3 is 0 Å². The standard InChI is InChI=1S/C42H55N3O4/c1-8-13-15-31(11-4)28-48-35-21-23-37(30(6)26-35)41-43-40(33-17-19-34(46-7)20-18-33)44-42(45-41)38-24-22-36(27-39(38)47-25-10-3)49-29-32(12-5)16-14-9-2/h10,17-24,26-27,31-32H,3,8-9,11-16,25,28-29H2,1-2,4-7H3. The van der Waals surface area contributed by atoms with E-state index in [9.17, 15) is 0 Å². The lowest BCUT2D eigenvalue weighted by atomic mass is 10.0. The van der Waals surface area contributed by atoms with Gasteiger partial charge in [-0.05, 0) is 91.8 Å². The number of unbranched alkanes of at least 4 members (excludes halogenated alkanes) is 2. The molecule has 3 aromatic carbocycles. The summed E-state index contributed by atoms with van der Waals surface area (Å²) in [5, 5.41) is 0. The summed E-state index contributed by atoms with van der Waals surface area (Å²) < 4.78 is 24.1. The molecule has 0 aliphatic carbocycles. The number of aromatic nitrogens is 3. The smallest absolute Gasteiger partial charge is 0.167 e. The molecule has 1 aromatic heterocycles. The first-order chi connectivity index (χ1) is 23.9. The molecule has 0 fully saturated rings. The molecule has 0 bridgehead atoms. The number of nitrogens with zero attached hydrogens (tertiary/aromatic N) is 3. The van der Waals surface area contributed by atoms with E-state index in [1.165, 1.54) is 32.1 Å². The molecule has 0 saturated carbocycles. The summed E-state index contributed by atoms with van der Waals surface area (Å²) in [4.78, 5) is 15.0. The molecule has 0 aliphatic heterocycles.